The molecule has 0 unspecified atom stereocenters. The van der Waals surface area contributed by atoms with Gasteiger partial charge in [-0.05, 0) is 42.8 Å². The number of benzene rings is 2. The fourth-order valence-electron chi connectivity index (χ4n) is 3.83. The van der Waals surface area contributed by atoms with Crippen LogP contribution in [0.2, 0.25) is 5.02 Å². The Morgan fingerprint density at radius 2 is 1.82 bits per heavy atom. The van der Waals surface area contributed by atoms with Gasteiger partial charge in [0.1, 0.15) is 5.75 Å². The van der Waals surface area contributed by atoms with E-state index in [0.29, 0.717) is 21.8 Å². The highest BCUT2D eigenvalue weighted by Crippen LogP contribution is 2.32. The second kappa shape index (κ2) is 9.32. The number of halogens is 3. The zero-order chi connectivity index (χ0) is 24.6. The maximum Gasteiger partial charge on any atom is 0.387 e. The Kier molecular flexibility index (Phi) is 6.61. The lowest BCUT2D eigenvalue weighted by Gasteiger charge is -2.26. The molecule has 1 aromatic heterocycles. The highest BCUT2D eigenvalue weighted by molar-refractivity contribution is 7.89. The van der Waals surface area contributed by atoms with Gasteiger partial charge < -0.3 is 14.7 Å². The van der Waals surface area contributed by atoms with Crippen LogP contribution in [0.3, 0.4) is 0 Å². The molecule has 34 heavy (non-hydrogen) atoms. The molecule has 180 valence electrons. The van der Waals surface area contributed by atoms with Gasteiger partial charge in [0, 0.05) is 23.3 Å². The molecule has 2 heterocycles. The number of aliphatic hydroxyl groups excluding tert-OH is 1. The maximum absolute atomic E-state index is 13.2. The Bertz CT molecular complexity index is 1290. The van der Waals surface area contributed by atoms with Crippen molar-refractivity contribution in [1.82, 2.24) is 14.1 Å². The lowest BCUT2D eigenvalue weighted by Crippen LogP contribution is -2.36. The summed E-state index contributed by atoms with van der Waals surface area (Å²) in [6, 6.07) is 11.3. The molecule has 8 nitrogen and oxygen atoms in total. The summed E-state index contributed by atoms with van der Waals surface area (Å²) in [5.41, 5.74) is 1.44. The molecule has 1 aliphatic heterocycles. The third-order valence-corrected chi connectivity index (χ3v) is 7.34. The van der Waals surface area contributed by atoms with E-state index in [0.717, 1.165) is 28.4 Å². The minimum Gasteiger partial charge on any atom is -0.435 e. The number of fused-ring (bicyclic) bond motifs is 1. The number of amides is 1. The fourth-order valence-corrected chi connectivity index (χ4v) is 5.25. The number of carbonyl (C=O) groups is 1. The molecular formula is C22H20ClF2N3O5S. The molecule has 0 saturated heterocycles. The highest BCUT2D eigenvalue weighted by Gasteiger charge is 2.36. The molecule has 3 aromatic rings. The van der Waals surface area contributed by atoms with E-state index in [4.69, 9.17) is 11.6 Å². The zero-order valence-electron chi connectivity index (χ0n) is 17.8. The summed E-state index contributed by atoms with van der Waals surface area (Å²) in [7, 11) is -4.08. The number of ether oxygens (including phenoxy) is 1. The third kappa shape index (κ3) is 4.63. The Labute approximate surface area is 199 Å². The summed E-state index contributed by atoms with van der Waals surface area (Å²) in [6.45, 7) is -1.34. The van der Waals surface area contributed by atoms with Gasteiger partial charge in [-0.2, -0.15) is 26.4 Å². The van der Waals surface area contributed by atoms with E-state index in [1.165, 1.54) is 18.0 Å². The molecule has 0 spiro atoms. The number of hydrogen-bond acceptors (Lipinski definition) is 6. The standard InChI is InChI=1S/C22H20ClF2N3O5S/c1-13(29)20(17-4-2-3-5-18(17)23)21(30)27-10-14-11-28(26-19(14)12-27)34(31,32)16-8-6-15(7-9-16)33-22(24)25/h2-9,11,13,20,22,29H,10,12H2,1H3/t13-,20+/m0/s1. The minimum absolute atomic E-state index is 0.0610. The number of aromatic nitrogens is 2. The van der Waals surface area contributed by atoms with E-state index in [9.17, 15) is 27.1 Å². The van der Waals surface area contributed by atoms with Crippen molar-refractivity contribution in [2.24, 2.45) is 0 Å². The van der Waals surface area contributed by atoms with Crippen LogP contribution >= 0.6 is 11.6 Å². The van der Waals surface area contributed by atoms with Crippen LogP contribution in [0.1, 0.15) is 29.7 Å². The van der Waals surface area contributed by atoms with Crippen molar-refractivity contribution in [3.8, 4) is 5.75 Å². The van der Waals surface area contributed by atoms with Crippen LogP contribution in [0, 0.1) is 0 Å². The highest BCUT2D eigenvalue weighted by atomic mass is 35.5. The fraction of sp³-hybridized carbons (Fsp3) is 0.273. The Morgan fingerprint density at radius 3 is 2.41 bits per heavy atom. The van der Waals surface area contributed by atoms with Gasteiger partial charge in [0.05, 0.1) is 29.2 Å². The first-order valence-electron chi connectivity index (χ1n) is 10.2. The molecule has 0 fully saturated rings. The average Bonchev–Trinajstić information content (AvgIpc) is 3.35. The van der Waals surface area contributed by atoms with Crippen molar-refractivity contribution in [2.75, 3.05) is 0 Å². The van der Waals surface area contributed by atoms with Crippen molar-refractivity contribution < 1.29 is 31.8 Å². The van der Waals surface area contributed by atoms with Gasteiger partial charge in [-0.15, -0.1) is 0 Å². The summed E-state index contributed by atoms with van der Waals surface area (Å²) >= 11 is 6.24. The van der Waals surface area contributed by atoms with Crippen molar-refractivity contribution in [3.63, 3.8) is 0 Å². The Morgan fingerprint density at radius 1 is 1.15 bits per heavy atom. The minimum atomic E-state index is -4.08. The van der Waals surface area contributed by atoms with Gasteiger partial charge in [0.2, 0.25) is 5.91 Å². The van der Waals surface area contributed by atoms with E-state index in [2.05, 4.69) is 9.84 Å². The Balaban J connectivity index is 1.53. The van der Waals surface area contributed by atoms with Crippen LogP contribution in [0.4, 0.5) is 8.78 Å². The quantitative estimate of drug-likeness (QED) is 0.522. The molecule has 1 aliphatic rings. The molecule has 0 radical (unpaired) electrons. The van der Waals surface area contributed by atoms with Crippen LogP contribution in [-0.2, 0) is 27.9 Å². The average molecular weight is 512 g/mol. The molecule has 0 saturated carbocycles. The number of alkyl halides is 2. The molecule has 0 aliphatic carbocycles. The topological polar surface area (TPSA) is 102 Å². The summed E-state index contributed by atoms with van der Waals surface area (Å²) in [5.74, 6) is -1.41. The molecule has 2 aromatic carbocycles. The van der Waals surface area contributed by atoms with Gasteiger partial charge in [0.25, 0.3) is 10.0 Å². The van der Waals surface area contributed by atoms with Gasteiger partial charge in [-0.3, -0.25) is 4.79 Å². The van der Waals surface area contributed by atoms with Crippen molar-refractivity contribution >= 4 is 27.5 Å². The van der Waals surface area contributed by atoms with E-state index in [-0.39, 0.29) is 29.6 Å². The van der Waals surface area contributed by atoms with E-state index in [1.807, 2.05) is 0 Å². The van der Waals surface area contributed by atoms with Gasteiger partial charge in [-0.1, -0.05) is 29.8 Å². The van der Waals surface area contributed by atoms with E-state index >= 15 is 0 Å². The summed E-state index contributed by atoms with van der Waals surface area (Å²) < 4.78 is 55.4. The number of hydrogen-bond donors (Lipinski definition) is 1. The van der Waals surface area contributed by atoms with Crippen LogP contribution in [0.5, 0.6) is 5.75 Å². The van der Waals surface area contributed by atoms with Crippen molar-refractivity contribution in [1.29, 1.82) is 0 Å². The smallest absolute Gasteiger partial charge is 0.387 e. The Hall–Kier alpha value is -3.02. The summed E-state index contributed by atoms with van der Waals surface area (Å²) in [5, 5.41) is 14.8. The maximum atomic E-state index is 13.2. The predicted molar refractivity (Wildman–Crippen MR) is 118 cm³/mol. The third-order valence-electron chi connectivity index (χ3n) is 5.45. The van der Waals surface area contributed by atoms with Crippen molar-refractivity contribution in [2.45, 2.75) is 43.5 Å². The van der Waals surface area contributed by atoms with Crippen molar-refractivity contribution in [3.05, 3.63) is 76.6 Å². The lowest BCUT2D eigenvalue weighted by atomic mass is 9.92. The summed E-state index contributed by atoms with van der Waals surface area (Å²) in [6.07, 6.45) is 0.312. The van der Waals surface area contributed by atoms with Crippen LogP contribution in [-0.4, -0.2) is 46.2 Å². The first kappa shape index (κ1) is 24.1. The van der Waals surface area contributed by atoms with Crippen LogP contribution < -0.4 is 4.74 Å². The summed E-state index contributed by atoms with van der Waals surface area (Å²) in [4.78, 5) is 14.5. The van der Waals surface area contributed by atoms with Gasteiger partial charge in [-0.25, -0.2) is 0 Å². The molecule has 4 rings (SSSR count). The van der Waals surface area contributed by atoms with Gasteiger partial charge >= 0.3 is 6.61 Å². The number of carbonyl (C=O) groups excluding carboxylic acids is 1. The van der Waals surface area contributed by atoms with Crippen LogP contribution in [0.25, 0.3) is 0 Å². The monoisotopic (exact) mass is 511 g/mol. The predicted octanol–water partition coefficient (Wildman–Crippen LogP) is 3.38. The molecular weight excluding hydrogens is 492 g/mol. The largest absolute Gasteiger partial charge is 0.435 e. The number of rotatable bonds is 7. The molecule has 1 N–H and O–H groups in total. The first-order valence-corrected chi connectivity index (χ1v) is 12.0. The SMILES string of the molecule is C[C@H](O)[C@@H](C(=O)N1Cc2cn(S(=O)(=O)c3ccc(OC(F)F)cc3)nc2C1)c1ccccc1Cl. The molecule has 12 heteroatoms. The number of nitrogens with zero attached hydrogens (tertiary/aromatic N) is 3. The van der Waals surface area contributed by atoms with E-state index < -0.39 is 28.7 Å². The first-order chi connectivity index (χ1) is 16.1. The molecule has 1 amide bonds. The van der Waals surface area contributed by atoms with Crippen LogP contribution in [0.15, 0.2) is 59.6 Å². The van der Waals surface area contributed by atoms with Gasteiger partial charge in [0.15, 0.2) is 0 Å². The second-order valence-electron chi connectivity index (χ2n) is 7.76. The second-order valence-corrected chi connectivity index (χ2v) is 9.97. The normalized spacial score (nSPS) is 15.3. The van der Waals surface area contributed by atoms with E-state index in [1.54, 1.807) is 24.3 Å². The molecule has 2 atom stereocenters. The number of aliphatic hydroxyl groups is 1. The lowest BCUT2D eigenvalue weighted by molar-refractivity contribution is -0.135. The zero-order valence-corrected chi connectivity index (χ0v) is 19.4. The molecule has 0 bridgehead atoms.